The van der Waals surface area contributed by atoms with Crippen LogP contribution in [0.25, 0.3) is 22.3 Å². The zero-order valence-corrected chi connectivity index (χ0v) is 24.2. The normalized spacial score (nSPS) is 23.8. The Labute approximate surface area is 250 Å². The van der Waals surface area contributed by atoms with Crippen LogP contribution in [0.2, 0.25) is 0 Å². The van der Waals surface area contributed by atoms with Crippen LogP contribution >= 0.6 is 8.46 Å². The molecule has 0 atom stereocenters. The van der Waals surface area contributed by atoms with E-state index in [1.807, 2.05) is 12.1 Å². The standard InChI is InChI=1S/C34H29N2O6P/c37-35(38)27-5-1-3-24(16-27)32-30(11-12-31(43-41)33(32)25-4-2-6-28(17-25)36(39)40)42-29-9-7-26(8-10-29)34-18-21-13-22(19-34)15-23(14-21)20-34/h1-12,16-17,21-23H,13-15,18-20H2. The maximum atomic E-state index is 12.4. The van der Waals surface area contributed by atoms with Gasteiger partial charge in [-0.15, -0.1) is 0 Å². The van der Waals surface area contributed by atoms with Gasteiger partial charge in [0, 0.05) is 35.4 Å². The summed E-state index contributed by atoms with van der Waals surface area (Å²) in [6, 6.07) is 23.9. The van der Waals surface area contributed by atoms with Crippen LogP contribution < -0.4 is 10.0 Å². The molecule has 4 fully saturated rings. The van der Waals surface area contributed by atoms with Gasteiger partial charge in [-0.25, -0.2) is 0 Å². The van der Waals surface area contributed by atoms with Gasteiger partial charge in [-0.2, -0.15) is 0 Å². The van der Waals surface area contributed by atoms with Gasteiger partial charge in [0.1, 0.15) is 11.5 Å². The molecule has 0 radical (unpaired) electrons. The van der Waals surface area contributed by atoms with E-state index in [0.29, 0.717) is 39.1 Å². The Bertz CT molecular complexity index is 1730. The fraction of sp³-hybridized carbons (Fsp3) is 0.294. The van der Waals surface area contributed by atoms with Gasteiger partial charge < -0.3 is 4.74 Å². The van der Waals surface area contributed by atoms with E-state index in [0.717, 1.165) is 17.8 Å². The lowest BCUT2D eigenvalue weighted by Crippen LogP contribution is -2.48. The minimum absolute atomic E-state index is 0.113. The SMILES string of the molecule is O=Pc1ccc(Oc2ccc(C34CC5CC(CC(C5)C3)C4)cc2)c(-c2cccc([N+](=O)[O-])c2)c1-c1cccc([N+](=O)[O-])c1. The molecule has 0 unspecified atom stereocenters. The monoisotopic (exact) mass is 592 g/mol. The molecule has 4 aromatic rings. The highest BCUT2D eigenvalue weighted by Gasteiger charge is 2.51. The first-order valence-electron chi connectivity index (χ1n) is 14.6. The number of hydrogen-bond donors (Lipinski definition) is 0. The van der Waals surface area contributed by atoms with E-state index in [2.05, 4.69) is 12.1 Å². The second-order valence-corrected chi connectivity index (χ2v) is 13.0. The Balaban J connectivity index is 1.32. The highest BCUT2D eigenvalue weighted by atomic mass is 31.1. The molecule has 4 aromatic carbocycles. The second-order valence-electron chi connectivity index (χ2n) is 12.4. The molecule has 0 aliphatic heterocycles. The van der Waals surface area contributed by atoms with E-state index in [-0.39, 0.29) is 25.2 Å². The highest BCUT2D eigenvalue weighted by molar-refractivity contribution is 7.34. The third kappa shape index (κ3) is 5.00. The van der Waals surface area contributed by atoms with Crippen LogP contribution in [0.4, 0.5) is 11.4 Å². The molecule has 8 nitrogen and oxygen atoms in total. The summed E-state index contributed by atoms with van der Waals surface area (Å²) in [6.45, 7) is 0. The van der Waals surface area contributed by atoms with Crippen molar-refractivity contribution in [2.45, 2.75) is 43.9 Å². The summed E-state index contributed by atoms with van der Waals surface area (Å²) in [5.74, 6) is 3.52. The number of rotatable bonds is 8. The van der Waals surface area contributed by atoms with Gasteiger partial charge in [-0.1, -0.05) is 36.4 Å². The van der Waals surface area contributed by atoms with E-state index >= 15 is 0 Å². The first kappa shape index (κ1) is 27.4. The van der Waals surface area contributed by atoms with Crippen molar-refractivity contribution < 1.29 is 19.1 Å². The Morgan fingerprint density at radius 2 is 1.23 bits per heavy atom. The molecule has 0 heterocycles. The van der Waals surface area contributed by atoms with Crippen molar-refractivity contribution in [2.75, 3.05) is 0 Å². The highest BCUT2D eigenvalue weighted by Crippen LogP contribution is 2.60. The fourth-order valence-electron chi connectivity index (χ4n) is 8.33. The van der Waals surface area contributed by atoms with Crippen molar-refractivity contribution in [1.82, 2.24) is 0 Å². The average Bonchev–Trinajstić information content (AvgIpc) is 3.00. The third-order valence-electron chi connectivity index (χ3n) is 9.67. The fourth-order valence-corrected chi connectivity index (χ4v) is 8.80. The van der Waals surface area contributed by atoms with Crippen LogP contribution in [0.1, 0.15) is 44.1 Å². The summed E-state index contributed by atoms with van der Waals surface area (Å²) in [6.07, 6.45) is 7.93. The molecule has 8 rings (SSSR count). The first-order chi connectivity index (χ1) is 20.8. The van der Waals surface area contributed by atoms with Crippen molar-refractivity contribution >= 4 is 25.1 Å². The van der Waals surface area contributed by atoms with Crippen molar-refractivity contribution in [1.29, 1.82) is 0 Å². The lowest BCUT2D eigenvalue weighted by Gasteiger charge is -2.57. The van der Waals surface area contributed by atoms with Crippen LogP contribution in [0, 0.1) is 38.0 Å². The van der Waals surface area contributed by atoms with Crippen molar-refractivity contribution in [2.24, 2.45) is 17.8 Å². The number of hydrogen-bond acceptors (Lipinski definition) is 6. The van der Waals surface area contributed by atoms with E-state index in [4.69, 9.17) is 4.74 Å². The van der Waals surface area contributed by atoms with Crippen LogP contribution in [0.3, 0.4) is 0 Å². The number of ether oxygens (including phenoxy) is 1. The number of nitrogens with zero attached hydrogens (tertiary/aromatic N) is 2. The van der Waals surface area contributed by atoms with Gasteiger partial charge in [0.2, 0.25) is 0 Å². The molecule has 4 saturated carbocycles. The zero-order valence-electron chi connectivity index (χ0n) is 23.3. The molecule has 43 heavy (non-hydrogen) atoms. The Hall–Kier alpha value is -4.42. The van der Waals surface area contributed by atoms with Gasteiger partial charge in [0.05, 0.1) is 15.2 Å². The van der Waals surface area contributed by atoms with Crippen molar-refractivity contribution in [3.8, 4) is 33.8 Å². The molecule has 9 heteroatoms. The summed E-state index contributed by atoms with van der Waals surface area (Å²) in [7, 11) is -0.303. The molecule has 4 bridgehead atoms. The molecule has 4 aliphatic rings. The Morgan fingerprint density at radius 1 is 0.698 bits per heavy atom. The molecule has 0 spiro atoms. The summed E-state index contributed by atoms with van der Waals surface area (Å²) < 4.78 is 18.8. The van der Waals surface area contributed by atoms with Crippen LogP contribution in [-0.4, -0.2) is 9.85 Å². The predicted octanol–water partition coefficient (Wildman–Crippen LogP) is 9.01. The number of non-ortho nitro benzene ring substituents is 2. The van der Waals surface area contributed by atoms with Crippen LogP contribution in [0.5, 0.6) is 11.5 Å². The lowest BCUT2D eigenvalue weighted by atomic mass is 9.48. The maximum absolute atomic E-state index is 12.4. The first-order valence-corrected chi connectivity index (χ1v) is 15.4. The maximum Gasteiger partial charge on any atom is 0.270 e. The summed E-state index contributed by atoms with van der Waals surface area (Å²) >= 11 is 0. The van der Waals surface area contributed by atoms with Gasteiger partial charge in [-0.3, -0.25) is 24.8 Å². The molecule has 4 aliphatic carbocycles. The molecular formula is C34H29N2O6P. The van der Waals surface area contributed by atoms with E-state index < -0.39 is 9.85 Å². The molecule has 0 aromatic heterocycles. The number of nitro benzene ring substituents is 2. The zero-order chi connectivity index (χ0) is 29.7. The molecule has 0 amide bonds. The van der Waals surface area contributed by atoms with Crippen molar-refractivity contribution in [3.63, 3.8) is 0 Å². The Morgan fingerprint density at radius 3 is 1.74 bits per heavy atom. The van der Waals surface area contributed by atoms with E-state index in [9.17, 15) is 24.8 Å². The largest absolute Gasteiger partial charge is 0.457 e. The molecule has 216 valence electrons. The van der Waals surface area contributed by atoms with Gasteiger partial charge >= 0.3 is 0 Å². The summed E-state index contributed by atoms with van der Waals surface area (Å²) in [4.78, 5) is 22.3. The topological polar surface area (TPSA) is 113 Å². The lowest BCUT2D eigenvalue weighted by molar-refractivity contribution is -0.385. The molecule has 0 N–H and O–H groups in total. The average molecular weight is 593 g/mol. The predicted molar refractivity (Wildman–Crippen MR) is 164 cm³/mol. The minimum atomic E-state index is -0.489. The van der Waals surface area contributed by atoms with Gasteiger partial charge in [-0.05, 0) is 103 Å². The third-order valence-corrected chi connectivity index (χ3v) is 10.2. The van der Waals surface area contributed by atoms with E-state index in [1.54, 1.807) is 36.4 Å². The quantitative estimate of drug-likeness (QED) is 0.115. The number of nitro groups is 2. The smallest absolute Gasteiger partial charge is 0.270 e. The molecular weight excluding hydrogens is 563 g/mol. The molecule has 0 saturated heterocycles. The van der Waals surface area contributed by atoms with Crippen LogP contribution in [0.15, 0.2) is 84.9 Å². The van der Waals surface area contributed by atoms with Crippen molar-refractivity contribution in [3.05, 3.63) is 111 Å². The second kappa shape index (κ2) is 10.7. The van der Waals surface area contributed by atoms with Gasteiger partial charge in [0.15, 0.2) is 8.46 Å². The van der Waals surface area contributed by atoms with Crippen LogP contribution in [-0.2, 0) is 9.98 Å². The minimum Gasteiger partial charge on any atom is -0.457 e. The van der Waals surface area contributed by atoms with Gasteiger partial charge in [0.25, 0.3) is 11.4 Å². The summed E-state index contributed by atoms with van der Waals surface area (Å²) in [5.41, 5.74) is 3.24. The summed E-state index contributed by atoms with van der Waals surface area (Å²) in [5, 5.41) is 23.6. The Kier molecular flexibility index (Phi) is 6.82. The number of benzene rings is 4. The van der Waals surface area contributed by atoms with E-state index in [1.165, 1.54) is 68.4 Å².